The minimum absolute atomic E-state index is 0.0858. The molecule has 2 aromatic carbocycles. The lowest BCUT2D eigenvalue weighted by molar-refractivity contribution is -0.144. The van der Waals surface area contributed by atoms with Crippen LogP contribution in [0.3, 0.4) is 0 Å². The molecular formula is C38H50N2O5. The predicted molar refractivity (Wildman–Crippen MR) is 180 cm³/mol. The fraction of sp³-hybridized carbons (Fsp3) is 0.447. The van der Waals surface area contributed by atoms with Gasteiger partial charge >= 0.3 is 11.9 Å². The van der Waals surface area contributed by atoms with Crippen molar-refractivity contribution >= 4 is 23.6 Å². The lowest BCUT2D eigenvalue weighted by Crippen LogP contribution is -2.49. The third-order valence-corrected chi connectivity index (χ3v) is 8.27. The Morgan fingerprint density at radius 3 is 2.07 bits per heavy atom. The Morgan fingerprint density at radius 1 is 0.867 bits per heavy atom. The molecule has 3 aromatic rings. The zero-order valence-electron chi connectivity index (χ0n) is 28.3. The van der Waals surface area contributed by atoms with Gasteiger partial charge in [-0.3, -0.25) is 14.4 Å². The van der Waals surface area contributed by atoms with Gasteiger partial charge in [0.25, 0.3) is 0 Å². The Morgan fingerprint density at radius 2 is 1.49 bits per heavy atom. The van der Waals surface area contributed by atoms with Gasteiger partial charge in [-0.25, -0.2) is 0 Å². The third-order valence-electron chi connectivity index (χ3n) is 8.27. The van der Waals surface area contributed by atoms with E-state index in [4.69, 9.17) is 9.47 Å². The van der Waals surface area contributed by atoms with Crippen LogP contribution in [0.4, 0.5) is 0 Å². The molecule has 1 aromatic heterocycles. The molecule has 0 bridgehead atoms. The van der Waals surface area contributed by atoms with Gasteiger partial charge in [0.05, 0.1) is 11.2 Å². The number of esters is 2. The number of hydrogen-bond acceptors (Lipinski definition) is 5. The van der Waals surface area contributed by atoms with Crippen LogP contribution in [-0.4, -0.2) is 34.6 Å². The summed E-state index contributed by atoms with van der Waals surface area (Å²) in [6, 6.07) is 16.9. The molecule has 0 saturated carbocycles. The SMILES string of the molecule is CC(=O)N[C@](C)(CCc1ccc(C(=CCCc2ccc(C)cc2C)OC(=O)CCCc2ccc(C)cc2C)n1C)COC(C)=O. The number of nitrogens with zero attached hydrogens (tertiary/aromatic N) is 1. The number of aromatic nitrogens is 1. The van der Waals surface area contributed by atoms with Crippen molar-refractivity contribution in [3.05, 3.63) is 99.4 Å². The minimum atomic E-state index is -0.714. The average molecular weight is 615 g/mol. The van der Waals surface area contributed by atoms with Crippen LogP contribution < -0.4 is 5.32 Å². The quantitative estimate of drug-likeness (QED) is 0.145. The summed E-state index contributed by atoms with van der Waals surface area (Å²) in [7, 11) is 1.96. The van der Waals surface area contributed by atoms with Crippen LogP contribution in [-0.2, 0) is 50.2 Å². The van der Waals surface area contributed by atoms with Crippen molar-refractivity contribution in [1.82, 2.24) is 9.88 Å². The van der Waals surface area contributed by atoms with Crippen LogP contribution in [0.5, 0.6) is 0 Å². The maximum Gasteiger partial charge on any atom is 0.311 e. The number of nitrogens with one attached hydrogen (secondary N) is 1. The smallest absolute Gasteiger partial charge is 0.311 e. The zero-order chi connectivity index (χ0) is 33.1. The summed E-state index contributed by atoms with van der Waals surface area (Å²) < 4.78 is 13.3. The van der Waals surface area contributed by atoms with E-state index < -0.39 is 5.54 Å². The number of carbonyl (C=O) groups excluding carboxylic acids is 3. The molecule has 0 aliphatic carbocycles. The molecule has 1 N–H and O–H groups in total. The van der Waals surface area contributed by atoms with E-state index in [2.05, 4.69) is 69.4 Å². The molecule has 242 valence electrons. The molecule has 0 fully saturated rings. The van der Waals surface area contributed by atoms with Crippen LogP contribution in [0, 0.1) is 27.7 Å². The van der Waals surface area contributed by atoms with E-state index in [9.17, 15) is 14.4 Å². The Balaban J connectivity index is 1.77. The van der Waals surface area contributed by atoms with Gasteiger partial charge < -0.3 is 19.4 Å². The molecule has 1 amide bonds. The molecule has 1 atom stereocenters. The first-order chi connectivity index (χ1) is 21.3. The summed E-state index contributed by atoms with van der Waals surface area (Å²) >= 11 is 0. The van der Waals surface area contributed by atoms with E-state index in [-0.39, 0.29) is 24.5 Å². The Hall–Kier alpha value is -4.13. The average Bonchev–Trinajstić information content (AvgIpc) is 3.32. The molecule has 7 heteroatoms. The van der Waals surface area contributed by atoms with E-state index in [0.717, 1.165) is 30.7 Å². The van der Waals surface area contributed by atoms with E-state index in [1.165, 1.54) is 47.2 Å². The van der Waals surface area contributed by atoms with Gasteiger partial charge in [0, 0.05) is 33.0 Å². The van der Waals surface area contributed by atoms with E-state index in [0.29, 0.717) is 31.4 Å². The second kappa shape index (κ2) is 16.3. The Bertz CT molecular complexity index is 1530. The summed E-state index contributed by atoms with van der Waals surface area (Å²) in [5.41, 5.74) is 8.61. The van der Waals surface area contributed by atoms with Crippen molar-refractivity contribution in [1.29, 1.82) is 0 Å². The summed E-state index contributed by atoms with van der Waals surface area (Å²) in [6.45, 7) is 13.2. The molecule has 7 nitrogen and oxygen atoms in total. The first kappa shape index (κ1) is 35.4. The maximum atomic E-state index is 13.1. The van der Waals surface area contributed by atoms with Gasteiger partial charge in [-0.2, -0.15) is 0 Å². The van der Waals surface area contributed by atoms with Crippen molar-refractivity contribution in [3.8, 4) is 0 Å². The van der Waals surface area contributed by atoms with Gasteiger partial charge in [0.15, 0.2) is 5.76 Å². The van der Waals surface area contributed by atoms with Gasteiger partial charge in [-0.15, -0.1) is 0 Å². The number of benzene rings is 2. The minimum Gasteiger partial charge on any atom is -0.463 e. The van der Waals surface area contributed by atoms with Gasteiger partial charge in [-0.05, 0) is 114 Å². The highest BCUT2D eigenvalue weighted by Gasteiger charge is 2.27. The van der Waals surface area contributed by atoms with Crippen LogP contribution >= 0.6 is 0 Å². The highest BCUT2D eigenvalue weighted by atomic mass is 16.5. The number of carbonyl (C=O) groups is 3. The molecule has 0 unspecified atom stereocenters. The van der Waals surface area contributed by atoms with Gasteiger partial charge in [0.1, 0.15) is 6.61 Å². The maximum absolute atomic E-state index is 13.1. The molecule has 0 spiro atoms. The normalized spacial score (nSPS) is 12.8. The number of amides is 1. The standard InChI is InChI=1S/C38H50N2O5/c1-26-15-17-32(28(3)23-26)11-9-13-36(45-37(43)14-10-12-33-18-16-27(2)24-29(33)4)35-20-19-34(40(35)8)21-22-38(7,39-30(5)41)25-44-31(6)42/h13,15-20,23-24H,9-12,14,21-22,25H2,1-8H3,(H,39,41)/t38-/m1/s1. The number of hydrogen-bond donors (Lipinski definition) is 1. The monoisotopic (exact) mass is 614 g/mol. The predicted octanol–water partition coefficient (Wildman–Crippen LogP) is 7.19. The number of aryl methyl sites for hydroxylation is 7. The van der Waals surface area contributed by atoms with Crippen molar-refractivity contribution in [2.45, 2.75) is 99.0 Å². The van der Waals surface area contributed by atoms with E-state index in [1.807, 2.05) is 36.7 Å². The first-order valence-corrected chi connectivity index (χ1v) is 15.9. The highest BCUT2D eigenvalue weighted by Crippen LogP contribution is 2.24. The number of ether oxygens (including phenoxy) is 2. The number of allylic oxidation sites excluding steroid dienone is 1. The largest absolute Gasteiger partial charge is 0.463 e. The lowest BCUT2D eigenvalue weighted by Gasteiger charge is -2.30. The van der Waals surface area contributed by atoms with E-state index >= 15 is 0 Å². The zero-order valence-corrected chi connectivity index (χ0v) is 28.3. The lowest BCUT2D eigenvalue weighted by atomic mass is 9.95. The van der Waals surface area contributed by atoms with E-state index in [1.54, 1.807) is 0 Å². The summed E-state index contributed by atoms with van der Waals surface area (Å²) in [6.07, 6.45) is 6.60. The third kappa shape index (κ3) is 11.1. The van der Waals surface area contributed by atoms with Crippen molar-refractivity contribution < 1.29 is 23.9 Å². The van der Waals surface area contributed by atoms with Crippen LogP contribution in [0.1, 0.15) is 91.2 Å². The highest BCUT2D eigenvalue weighted by molar-refractivity contribution is 5.77. The second-order valence-corrected chi connectivity index (χ2v) is 12.6. The van der Waals surface area contributed by atoms with Crippen LogP contribution in [0.25, 0.3) is 5.76 Å². The summed E-state index contributed by atoms with van der Waals surface area (Å²) in [5, 5.41) is 2.94. The topological polar surface area (TPSA) is 86.6 Å². The molecule has 0 radical (unpaired) electrons. The van der Waals surface area contributed by atoms with Gasteiger partial charge in [-0.1, -0.05) is 47.5 Å². The summed E-state index contributed by atoms with van der Waals surface area (Å²) in [4.78, 5) is 36.5. The van der Waals surface area contributed by atoms with Crippen molar-refractivity contribution in [2.75, 3.05) is 6.61 Å². The van der Waals surface area contributed by atoms with Crippen molar-refractivity contribution in [2.24, 2.45) is 7.05 Å². The van der Waals surface area contributed by atoms with Gasteiger partial charge in [0.2, 0.25) is 5.91 Å². The van der Waals surface area contributed by atoms with Crippen LogP contribution in [0.2, 0.25) is 0 Å². The second-order valence-electron chi connectivity index (χ2n) is 12.6. The molecule has 3 rings (SSSR count). The number of rotatable bonds is 15. The molecule has 45 heavy (non-hydrogen) atoms. The molecule has 1 heterocycles. The fourth-order valence-corrected chi connectivity index (χ4v) is 5.72. The molecule has 0 aliphatic heterocycles. The molecular weight excluding hydrogens is 564 g/mol. The van der Waals surface area contributed by atoms with Crippen molar-refractivity contribution in [3.63, 3.8) is 0 Å². The molecule has 0 aliphatic rings. The summed E-state index contributed by atoms with van der Waals surface area (Å²) in [5.74, 6) is -0.274. The fourth-order valence-electron chi connectivity index (χ4n) is 5.72. The van der Waals surface area contributed by atoms with Crippen LogP contribution in [0.15, 0.2) is 54.6 Å². The Labute approximate surface area is 269 Å². The Kier molecular flexibility index (Phi) is 12.8. The first-order valence-electron chi connectivity index (χ1n) is 15.9. The molecule has 0 saturated heterocycles.